The van der Waals surface area contributed by atoms with E-state index in [1.165, 1.54) is 14.2 Å². The molecule has 0 aromatic heterocycles. The molecule has 3 N–H and O–H groups in total. The number of allylic oxidation sites excluding steroid dienone is 2. The summed E-state index contributed by atoms with van der Waals surface area (Å²) in [7, 11) is 2.77. The van der Waals surface area contributed by atoms with Gasteiger partial charge in [-0.05, 0) is 37.5 Å². The average molecular weight is 410 g/mol. The van der Waals surface area contributed by atoms with Crippen LogP contribution >= 0.6 is 0 Å². The molecule has 7 heteroatoms. The Labute approximate surface area is 176 Å². The van der Waals surface area contributed by atoms with Gasteiger partial charge in [-0.1, -0.05) is 54.1 Å². The molecule has 2 aromatic rings. The molecule has 0 radical (unpaired) electrons. The third-order valence-electron chi connectivity index (χ3n) is 4.27. The second-order valence-electron chi connectivity index (χ2n) is 6.61. The Kier molecular flexibility index (Phi) is 8.19. The van der Waals surface area contributed by atoms with Crippen molar-refractivity contribution < 1.29 is 23.8 Å². The van der Waals surface area contributed by atoms with Gasteiger partial charge in [-0.2, -0.15) is 0 Å². The van der Waals surface area contributed by atoms with E-state index in [0.29, 0.717) is 23.3 Å². The van der Waals surface area contributed by atoms with Gasteiger partial charge in [0.25, 0.3) is 0 Å². The number of methoxy groups -OCH3 is 2. The molecule has 0 atom stereocenters. The van der Waals surface area contributed by atoms with Gasteiger partial charge < -0.3 is 14.2 Å². The molecule has 0 aliphatic carbocycles. The summed E-state index contributed by atoms with van der Waals surface area (Å²) in [6.45, 7) is 3.88. The fraction of sp³-hybridized carbons (Fsp3) is 0.217. The van der Waals surface area contributed by atoms with E-state index >= 15 is 0 Å². The van der Waals surface area contributed by atoms with Gasteiger partial charge in [0, 0.05) is 5.56 Å². The Bertz CT molecular complexity index is 961. The Balaban J connectivity index is 2.75. The number of ether oxygens (including phenoxy) is 3. The number of hydrazine groups is 1. The zero-order valence-electron chi connectivity index (χ0n) is 17.5. The molecule has 2 rings (SSSR count). The number of hydrogen-bond donors (Lipinski definition) is 2. The molecule has 1 amide bonds. The Morgan fingerprint density at radius 3 is 2.37 bits per heavy atom. The minimum atomic E-state index is -0.912. The van der Waals surface area contributed by atoms with E-state index < -0.39 is 12.1 Å². The third-order valence-corrected chi connectivity index (χ3v) is 4.27. The minimum absolute atomic E-state index is 0.0364. The van der Waals surface area contributed by atoms with Crippen molar-refractivity contribution in [1.29, 1.82) is 0 Å². The highest BCUT2D eigenvalue weighted by Crippen LogP contribution is 2.37. The van der Waals surface area contributed by atoms with Gasteiger partial charge in [-0.25, -0.2) is 15.4 Å². The van der Waals surface area contributed by atoms with Crippen molar-refractivity contribution in [2.45, 2.75) is 20.3 Å². The van der Waals surface area contributed by atoms with Crippen LogP contribution < -0.4 is 20.7 Å². The number of esters is 1. The number of nitrogens with two attached hydrogens (primary N) is 1. The van der Waals surface area contributed by atoms with Crippen molar-refractivity contribution >= 4 is 24.2 Å². The molecule has 7 nitrogen and oxygen atoms in total. The Morgan fingerprint density at radius 1 is 1.10 bits per heavy atom. The van der Waals surface area contributed by atoms with Gasteiger partial charge in [0.05, 0.1) is 14.2 Å². The summed E-state index contributed by atoms with van der Waals surface area (Å²) in [5.74, 6) is 5.05. The van der Waals surface area contributed by atoms with Crippen molar-refractivity contribution in [3.63, 3.8) is 0 Å². The van der Waals surface area contributed by atoms with Crippen LogP contribution in [0.5, 0.6) is 11.5 Å². The summed E-state index contributed by atoms with van der Waals surface area (Å²) in [6, 6.07) is 11.3. The van der Waals surface area contributed by atoms with Gasteiger partial charge in [0.1, 0.15) is 11.3 Å². The van der Waals surface area contributed by atoms with Crippen LogP contribution in [0.1, 0.15) is 40.9 Å². The number of rotatable bonds is 7. The molecule has 0 aliphatic rings. The monoisotopic (exact) mass is 410 g/mol. The maximum atomic E-state index is 12.7. The number of amides is 1. The number of benzene rings is 2. The summed E-state index contributed by atoms with van der Waals surface area (Å²) >= 11 is 0. The summed E-state index contributed by atoms with van der Waals surface area (Å²) in [5, 5.41) is 0. The Hall–Kier alpha value is -3.58. The number of carbonyl (C=O) groups excluding carboxylic acids is 2. The van der Waals surface area contributed by atoms with E-state index in [2.05, 4.69) is 0 Å². The van der Waals surface area contributed by atoms with E-state index in [-0.39, 0.29) is 11.3 Å². The maximum absolute atomic E-state index is 12.7. The quantitative estimate of drug-likeness (QED) is 0.178. The van der Waals surface area contributed by atoms with Crippen molar-refractivity contribution in [2.75, 3.05) is 14.2 Å². The van der Waals surface area contributed by atoms with Crippen LogP contribution in [0.3, 0.4) is 0 Å². The lowest BCUT2D eigenvalue weighted by Crippen LogP contribution is -2.33. The lowest BCUT2D eigenvalue weighted by atomic mass is 9.97. The third kappa shape index (κ3) is 5.71. The van der Waals surface area contributed by atoms with Crippen molar-refractivity contribution in [3.8, 4) is 11.5 Å². The molecule has 0 heterocycles. The first-order valence-corrected chi connectivity index (χ1v) is 9.28. The topological polar surface area (TPSA) is 99.9 Å². The van der Waals surface area contributed by atoms with Crippen molar-refractivity contribution in [1.82, 2.24) is 5.43 Å². The normalized spacial score (nSPS) is 10.4. The van der Waals surface area contributed by atoms with Crippen LogP contribution in [-0.2, 0) is 11.2 Å². The lowest BCUT2D eigenvalue weighted by molar-refractivity contribution is 0.0597. The zero-order chi connectivity index (χ0) is 22.1. The Morgan fingerprint density at radius 2 is 1.80 bits per heavy atom. The second kappa shape index (κ2) is 10.8. The molecule has 0 unspecified atom stereocenters. The van der Waals surface area contributed by atoms with Gasteiger partial charge in [-0.3, -0.25) is 5.43 Å². The van der Waals surface area contributed by atoms with Crippen LogP contribution in [0.4, 0.5) is 4.79 Å². The number of nitrogens with one attached hydrogen (secondary N) is 1. The molecule has 0 aliphatic heterocycles. The smallest absolute Gasteiger partial charge is 0.426 e. The first-order valence-electron chi connectivity index (χ1n) is 9.28. The molecule has 0 saturated heterocycles. The van der Waals surface area contributed by atoms with E-state index in [1.54, 1.807) is 12.1 Å². The van der Waals surface area contributed by atoms with Gasteiger partial charge in [0.2, 0.25) is 0 Å². The van der Waals surface area contributed by atoms with Crippen molar-refractivity contribution in [2.24, 2.45) is 5.84 Å². The molecule has 2 aromatic carbocycles. The van der Waals surface area contributed by atoms with Gasteiger partial charge in [0.15, 0.2) is 5.75 Å². The molecule has 0 saturated carbocycles. The molecule has 158 valence electrons. The predicted molar refractivity (Wildman–Crippen MR) is 116 cm³/mol. The van der Waals surface area contributed by atoms with E-state index in [9.17, 15) is 9.59 Å². The highest BCUT2D eigenvalue weighted by atomic mass is 16.6. The zero-order valence-corrected chi connectivity index (χ0v) is 17.5. The van der Waals surface area contributed by atoms with Crippen molar-refractivity contribution in [3.05, 3.63) is 70.3 Å². The molecular weight excluding hydrogens is 384 g/mol. The largest absolute Gasteiger partial charge is 0.496 e. The standard InChI is InChI=1S/C23H26N2O5/c1-15(2)10-13-18-19(28-3)14-17(12-11-16-8-6-5-7-9-16)20(22(26)29-4)21(18)30-23(27)25-24/h5-12,14H,13,24H2,1-4H3,(H,25,27)/b12-11+. The maximum Gasteiger partial charge on any atom is 0.426 e. The van der Waals surface area contributed by atoms with Crippen LogP contribution in [0, 0.1) is 0 Å². The summed E-state index contributed by atoms with van der Waals surface area (Å²) in [5.41, 5.74) is 5.01. The highest BCUT2D eigenvalue weighted by Gasteiger charge is 2.26. The molecule has 0 fully saturated rings. The van der Waals surface area contributed by atoms with E-state index in [4.69, 9.17) is 20.1 Å². The average Bonchev–Trinajstić information content (AvgIpc) is 2.76. The number of carbonyl (C=O) groups is 2. The number of hydrogen-bond acceptors (Lipinski definition) is 6. The summed E-state index contributed by atoms with van der Waals surface area (Å²) in [4.78, 5) is 24.6. The van der Waals surface area contributed by atoms with Gasteiger partial charge >= 0.3 is 12.1 Å². The van der Waals surface area contributed by atoms with Gasteiger partial charge in [-0.15, -0.1) is 0 Å². The molecular formula is C23H26N2O5. The van der Waals surface area contributed by atoms with Crippen LogP contribution in [-0.4, -0.2) is 26.3 Å². The SMILES string of the molecule is COC(=O)c1c(/C=C/c2ccccc2)cc(OC)c(CC=C(C)C)c1OC(=O)NN. The highest BCUT2D eigenvalue weighted by molar-refractivity contribution is 5.99. The first-order chi connectivity index (χ1) is 14.4. The van der Waals surface area contributed by atoms with Crippen LogP contribution in [0.25, 0.3) is 12.2 Å². The summed E-state index contributed by atoms with van der Waals surface area (Å²) in [6.07, 6.45) is 4.98. The van der Waals surface area contributed by atoms with E-state index in [1.807, 2.05) is 61.8 Å². The fourth-order valence-electron chi connectivity index (χ4n) is 2.81. The first kappa shape index (κ1) is 22.7. The lowest BCUT2D eigenvalue weighted by Gasteiger charge is -2.18. The predicted octanol–water partition coefficient (Wildman–Crippen LogP) is 4.12. The fourth-order valence-corrected chi connectivity index (χ4v) is 2.81. The van der Waals surface area contributed by atoms with Crippen LogP contribution in [0.15, 0.2) is 48.0 Å². The summed E-state index contributed by atoms with van der Waals surface area (Å²) < 4.78 is 15.9. The minimum Gasteiger partial charge on any atom is -0.496 e. The van der Waals surface area contributed by atoms with E-state index in [0.717, 1.165) is 11.1 Å². The molecule has 0 bridgehead atoms. The molecule has 0 spiro atoms. The second-order valence-corrected chi connectivity index (χ2v) is 6.61. The molecule has 30 heavy (non-hydrogen) atoms. The van der Waals surface area contributed by atoms with Crippen LogP contribution in [0.2, 0.25) is 0 Å².